The Labute approximate surface area is 166 Å². The van der Waals surface area contributed by atoms with E-state index in [0.717, 1.165) is 49.5 Å². The van der Waals surface area contributed by atoms with E-state index in [1.54, 1.807) is 0 Å². The Morgan fingerprint density at radius 2 is 1.89 bits per heavy atom. The van der Waals surface area contributed by atoms with Crippen molar-refractivity contribution in [3.05, 3.63) is 59.2 Å². The SMILES string of the molecule is Cc1cccc(CN2CCC(NC(=O)CCc3ccc4c(c3)OCO4)CC2)c1. The van der Waals surface area contributed by atoms with Crippen molar-refractivity contribution in [1.82, 2.24) is 10.2 Å². The van der Waals surface area contributed by atoms with Crippen molar-refractivity contribution < 1.29 is 14.3 Å². The first-order chi connectivity index (χ1) is 13.7. The molecular weight excluding hydrogens is 352 g/mol. The van der Waals surface area contributed by atoms with Gasteiger partial charge >= 0.3 is 0 Å². The van der Waals surface area contributed by atoms with E-state index in [2.05, 4.69) is 41.4 Å². The molecule has 0 aromatic heterocycles. The van der Waals surface area contributed by atoms with Crippen LogP contribution in [0.2, 0.25) is 0 Å². The molecule has 0 spiro atoms. The topological polar surface area (TPSA) is 50.8 Å². The highest BCUT2D eigenvalue weighted by Crippen LogP contribution is 2.32. The number of aryl methyl sites for hydroxylation is 2. The van der Waals surface area contributed by atoms with E-state index in [1.807, 2.05) is 18.2 Å². The summed E-state index contributed by atoms with van der Waals surface area (Å²) >= 11 is 0. The van der Waals surface area contributed by atoms with Crippen molar-refractivity contribution in [3.63, 3.8) is 0 Å². The van der Waals surface area contributed by atoms with Crippen molar-refractivity contribution in [3.8, 4) is 11.5 Å². The van der Waals surface area contributed by atoms with Crippen LogP contribution in [0.5, 0.6) is 11.5 Å². The fourth-order valence-corrected chi connectivity index (χ4v) is 3.96. The van der Waals surface area contributed by atoms with Crippen LogP contribution in [0.3, 0.4) is 0 Å². The lowest BCUT2D eigenvalue weighted by Gasteiger charge is -2.32. The highest BCUT2D eigenvalue weighted by Gasteiger charge is 2.21. The third-order valence-electron chi connectivity index (χ3n) is 5.52. The third kappa shape index (κ3) is 4.84. The van der Waals surface area contributed by atoms with Crippen molar-refractivity contribution in [2.45, 2.75) is 45.2 Å². The molecule has 28 heavy (non-hydrogen) atoms. The number of rotatable bonds is 6. The van der Waals surface area contributed by atoms with Crippen LogP contribution in [0.4, 0.5) is 0 Å². The van der Waals surface area contributed by atoms with Crippen LogP contribution >= 0.6 is 0 Å². The summed E-state index contributed by atoms with van der Waals surface area (Å²) in [6.45, 7) is 5.46. The summed E-state index contributed by atoms with van der Waals surface area (Å²) in [7, 11) is 0. The highest BCUT2D eigenvalue weighted by molar-refractivity contribution is 5.76. The van der Waals surface area contributed by atoms with Crippen molar-refractivity contribution >= 4 is 5.91 Å². The lowest BCUT2D eigenvalue weighted by Crippen LogP contribution is -2.44. The molecule has 4 rings (SSSR count). The molecule has 2 aliphatic heterocycles. The van der Waals surface area contributed by atoms with Crippen LogP contribution in [-0.2, 0) is 17.8 Å². The maximum atomic E-state index is 12.3. The molecule has 0 atom stereocenters. The maximum Gasteiger partial charge on any atom is 0.231 e. The number of carbonyl (C=O) groups is 1. The van der Waals surface area contributed by atoms with Gasteiger partial charge in [0.15, 0.2) is 11.5 Å². The Bertz CT molecular complexity index is 828. The molecule has 0 aliphatic carbocycles. The van der Waals surface area contributed by atoms with Gasteiger partial charge < -0.3 is 14.8 Å². The van der Waals surface area contributed by atoms with Gasteiger partial charge in [-0.3, -0.25) is 9.69 Å². The van der Waals surface area contributed by atoms with E-state index < -0.39 is 0 Å². The second-order valence-electron chi connectivity index (χ2n) is 7.79. The number of benzene rings is 2. The Morgan fingerprint density at radius 1 is 1.07 bits per heavy atom. The van der Waals surface area contributed by atoms with Gasteiger partial charge in [-0.05, 0) is 49.4 Å². The molecule has 0 saturated carbocycles. The zero-order chi connectivity index (χ0) is 19.3. The van der Waals surface area contributed by atoms with Gasteiger partial charge in [0.2, 0.25) is 12.7 Å². The number of nitrogens with one attached hydrogen (secondary N) is 1. The van der Waals surface area contributed by atoms with Crippen LogP contribution in [-0.4, -0.2) is 36.7 Å². The number of carbonyl (C=O) groups excluding carboxylic acids is 1. The molecule has 1 saturated heterocycles. The summed E-state index contributed by atoms with van der Waals surface area (Å²) in [6, 6.07) is 14.9. The van der Waals surface area contributed by atoms with E-state index in [0.29, 0.717) is 12.8 Å². The largest absolute Gasteiger partial charge is 0.454 e. The molecule has 5 nitrogen and oxygen atoms in total. The van der Waals surface area contributed by atoms with Crippen LogP contribution in [0.25, 0.3) is 0 Å². The molecule has 148 valence electrons. The second kappa shape index (κ2) is 8.65. The summed E-state index contributed by atoms with van der Waals surface area (Å²) in [4.78, 5) is 14.8. The summed E-state index contributed by atoms with van der Waals surface area (Å²) < 4.78 is 10.7. The predicted molar refractivity (Wildman–Crippen MR) is 109 cm³/mol. The summed E-state index contributed by atoms with van der Waals surface area (Å²) in [5.41, 5.74) is 3.78. The van der Waals surface area contributed by atoms with Gasteiger partial charge in [-0.15, -0.1) is 0 Å². The first-order valence-electron chi connectivity index (χ1n) is 10.1. The Morgan fingerprint density at radius 3 is 2.71 bits per heavy atom. The molecule has 0 bridgehead atoms. The monoisotopic (exact) mass is 380 g/mol. The molecule has 0 unspecified atom stereocenters. The minimum absolute atomic E-state index is 0.134. The number of ether oxygens (including phenoxy) is 2. The molecule has 1 fully saturated rings. The van der Waals surface area contributed by atoms with Crippen molar-refractivity contribution in [1.29, 1.82) is 0 Å². The number of fused-ring (bicyclic) bond motifs is 1. The van der Waals surface area contributed by atoms with Gasteiger partial charge in [0.25, 0.3) is 0 Å². The Hall–Kier alpha value is -2.53. The zero-order valence-electron chi connectivity index (χ0n) is 16.4. The molecule has 2 heterocycles. The molecule has 1 N–H and O–H groups in total. The zero-order valence-corrected chi connectivity index (χ0v) is 16.4. The van der Waals surface area contributed by atoms with Gasteiger partial charge in [0.05, 0.1) is 0 Å². The molecule has 2 aliphatic rings. The first kappa shape index (κ1) is 18.8. The van der Waals surface area contributed by atoms with Crippen LogP contribution in [0.1, 0.15) is 36.0 Å². The average Bonchev–Trinajstić information content (AvgIpc) is 3.16. The average molecular weight is 380 g/mol. The predicted octanol–water partition coefficient (Wildman–Crippen LogP) is 3.44. The Balaban J connectivity index is 1.19. The number of likely N-dealkylation sites (tertiary alicyclic amines) is 1. The second-order valence-corrected chi connectivity index (χ2v) is 7.79. The minimum atomic E-state index is 0.134. The highest BCUT2D eigenvalue weighted by atomic mass is 16.7. The van der Waals surface area contributed by atoms with Gasteiger partial charge in [0.1, 0.15) is 0 Å². The molecule has 0 radical (unpaired) electrons. The van der Waals surface area contributed by atoms with Gasteiger partial charge in [-0.2, -0.15) is 0 Å². The Kier molecular flexibility index (Phi) is 5.81. The third-order valence-corrected chi connectivity index (χ3v) is 5.52. The molecule has 5 heteroatoms. The molecule has 1 amide bonds. The maximum absolute atomic E-state index is 12.3. The van der Waals surface area contributed by atoms with E-state index in [9.17, 15) is 4.79 Å². The quantitative estimate of drug-likeness (QED) is 0.834. The molecular formula is C23H28N2O3. The van der Waals surface area contributed by atoms with Crippen LogP contribution in [0.15, 0.2) is 42.5 Å². The lowest BCUT2D eigenvalue weighted by molar-refractivity contribution is -0.122. The van der Waals surface area contributed by atoms with E-state index in [4.69, 9.17) is 9.47 Å². The fourth-order valence-electron chi connectivity index (χ4n) is 3.96. The summed E-state index contributed by atoms with van der Waals surface area (Å²) in [5, 5.41) is 3.21. The first-order valence-corrected chi connectivity index (χ1v) is 10.1. The van der Waals surface area contributed by atoms with E-state index in [1.165, 1.54) is 11.1 Å². The van der Waals surface area contributed by atoms with Gasteiger partial charge in [0, 0.05) is 32.1 Å². The smallest absolute Gasteiger partial charge is 0.231 e. The molecule has 2 aromatic rings. The number of piperidine rings is 1. The van der Waals surface area contributed by atoms with Gasteiger partial charge in [-0.25, -0.2) is 0 Å². The van der Waals surface area contributed by atoms with Crippen molar-refractivity contribution in [2.24, 2.45) is 0 Å². The minimum Gasteiger partial charge on any atom is -0.454 e. The van der Waals surface area contributed by atoms with Gasteiger partial charge in [-0.1, -0.05) is 35.9 Å². The number of nitrogens with zero attached hydrogens (tertiary/aromatic N) is 1. The lowest BCUT2D eigenvalue weighted by atomic mass is 10.0. The number of hydrogen-bond acceptors (Lipinski definition) is 4. The standard InChI is InChI=1S/C23H28N2O3/c1-17-3-2-4-19(13-17)15-25-11-9-20(10-12-25)24-23(26)8-6-18-5-7-21-22(14-18)28-16-27-21/h2-5,7,13-14,20H,6,8-12,15-16H2,1H3,(H,24,26). The summed E-state index contributed by atoms with van der Waals surface area (Å²) in [6.07, 6.45) is 3.25. The molecule has 2 aromatic carbocycles. The number of amides is 1. The van der Waals surface area contributed by atoms with E-state index in [-0.39, 0.29) is 18.7 Å². The van der Waals surface area contributed by atoms with Crippen LogP contribution < -0.4 is 14.8 Å². The van der Waals surface area contributed by atoms with E-state index >= 15 is 0 Å². The summed E-state index contributed by atoms with van der Waals surface area (Å²) in [5.74, 6) is 1.69. The normalized spacial score (nSPS) is 16.9. The van der Waals surface area contributed by atoms with Crippen molar-refractivity contribution in [2.75, 3.05) is 19.9 Å². The fraction of sp³-hybridized carbons (Fsp3) is 0.435. The number of hydrogen-bond donors (Lipinski definition) is 1. The van der Waals surface area contributed by atoms with Crippen LogP contribution in [0, 0.1) is 6.92 Å².